The molecule has 5 atom stereocenters. The van der Waals surface area contributed by atoms with Gasteiger partial charge in [-0.25, -0.2) is 29.9 Å². The summed E-state index contributed by atoms with van der Waals surface area (Å²) in [7, 11) is 0. The van der Waals surface area contributed by atoms with Gasteiger partial charge in [-0.3, -0.25) is 0 Å². The summed E-state index contributed by atoms with van der Waals surface area (Å²) in [6.07, 6.45) is 25.1. The van der Waals surface area contributed by atoms with E-state index < -0.39 is 0 Å². The molecule has 3 aromatic heterocycles. The van der Waals surface area contributed by atoms with Crippen molar-refractivity contribution in [1.29, 1.82) is 0 Å². The van der Waals surface area contributed by atoms with E-state index in [2.05, 4.69) is 89.5 Å². The van der Waals surface area contributed by atoms with E-state index >= 15 is 0 Å². The average Bonchev–Trinajstić information content (AvgIpc) is 3.30. The Kier molecular flexibility index (Phi) is 18.8. The summed E-state index contributed by atoms with van der Waals surface area (Å²) in [5.74, 6) is 2.87. The Bertz CT molecular complexity index is 2110. The minimum absolute atomic E-state index is 0.278. The van der Waals surface area contributed by atoms with Crippen LogP contribution in [0.3, 0.4) is 0 Å². The van der Waals surface area contributed by atoms with Crippen molar-refractivity contribution >= 4 is 52.0 Å². The fourth-order valence-corrected chi connectivity index (χ4v) is 7.89. The molecule has 12 nitrogen and oxygen atoms in total. The number of aromatic nitrogens is 6. The molecule has 0 aliphatic carbocycles. The second-order valence-corrected chi connectivity index (χ2v) is 17.1. The van der Waals surface area contributed by atoms with Crippen LogP contribution in [-0.4, -0.2) is 48.0 Å². The monoisotopic (exact) mass is 849 g/mol. The largest absolute Gasteiger partial charge is 0.380 e. The van der Waals surface area contributed by atoms with Crippen LogP contribution in [0.1, 0.15) is 105 Å². The molecule has 6 N–H and O–H groups in total. The highest BCUT2D eigenvalue weighted by atomic mass is 15.1. The smallest absolute Gasteiger partial charge is 0.227 e. The summed E-state index contributed by atoms with van der Waals surface area (Å²) < 4.78 is 0. The summed E-state index contributed by atoms with van der Waals surface area (Å²) >= 11 is 0. The highest BCUT2D eigenvalue weighted by molar-refractivity contribution is 5.56. The van der Waals surface area contributed by atoms with Gasteiger partial charge in [0, 0.05) is 35.2 Å². The van der Waals surface area contributed by atoms with E-state index in [9.17, 15) is 0 Å². The van der Waals surface area contributed by atoms with Crippen LogP contribution >= 0.6 is 0 Å². The number of unbranched alkanes of at least 4 members (excludes halogenated alkanes) is 3. The van der Waals surface area contributed by atoms with Gasteiger partial charge >= 0.3 is 0 Å². The minimum atomic E-state index is 0.278. The number of para-hydroxylation sites is 3. The quantitative estimate of drug-likeness (QED) is 0.0261. The molecule has 0 saturated carbocycles. The van der Waals surface area contributed by atoms with Gasteiger partial charge in [-0.2, -0.15) is 0 Å². The third-order valence-corrected chi connectivity index (χ3v) is 11.4. The maximum atomic E-state index is 4.64. The predicted octanol–water partition coefficient (Wildman–Crippen LogP) is 13.0. The molecule has 3 aromatic carbocycles. The highest BCUT2D eigenvalue weighted by Crippen LogP contribution is 2.26. The molecule has 6 rings (SSSR count). The fourth-order valence-electron chi connectivity index (χ4n) is 7.89. The van der Waals surface area contributed by atoms with Crippen LogP contribution in [0, 0.1) is 11.8 Å². The van der Waals surface area contributed by atoms with Gasteiger partial charge < -0.3 is 31.9 Å². The summed E-state index contributed by atoms with van der Waals surface area (Å²) in [4.78, 5) is 27.5. The first-order valence-electron chi connectivity index (χ1n) is 23.1. The molecule has 0 bridgehead atoms. The minimum Gasteiger partial charge on any atom is -0.380 e. The second-order valence-electron chi connectivity index (χ2n) is 17.1. The molecule has 0 fully saturated rings. The van der Waals surface area contributed by atoms with Gasteiger partial charge in [-0.15, -0.1) is 0 Å². The lowest BCUT2D eigenvalue weighted by molar-refractivity contribution is 0.388. The van der Waals surface area contributed by atoms with Crippen LogP contribution < -0.4 is 31.9 Å². The molecule has 0 saturated heterocycles. The maximum absolute atomic E-state index is 4.64. The van der Waals surface area contributed by atoms with Crippen molar-refractivity contribution in [3.05, 3.63) is 128 Å². The standard InChI is InChI=1S/C51H68N12/c1-5-6-7-11-24-44(59-47-34-54-50(55-35-47)62-42-20-14-9-15-21-42)28-25-38(2)26-29-45(60-48-36-56-51(57-37-48)63-43-22-16-10-17-23-43)30-27-39(3)31-40(4)58-46-32-52-49(53-33-46)61-41-18-12-8-13-19-41/h8-10,12-23,32-40,44-45,58-60H,5-7,11,24-31H2,1-4H3,(H,52,53,61)(H,54,55,62)(H,56,57,63). The van der Waals surface area contributed by atoms with E-state index in [1.165, 1.54) is 25.7 Å². The van der Waals surface area contributed by atoms with E-state index in [1.807, 2.05) is 128 Å². The van der Waals surface area contributed by atoms with E-state index in [0.29, 0.717) is 41.8 Å². The lowest BCUT2D eigenvalue weighted by atomic mass is 9.90. The van der Waals surface area contributed by atoms with Crippen molar-refractivity contribution in [1.82, 2.24) is 29.9 Å². The zero-order chi connectivity index (χ0) is 43.9. The van der Waals surface area contributed by atoms with Gasteiger partial charge in [-0.1, -0.05) is 101 Å². The number of rotatable bonds is 28. The number of nitrogens with one attached hydrogen (secondary N) is 6. The Balaban J connectivity index is 1.01. The average molecular weight is 849 g/mol. The molecule has 5 unspecified atom stereocenters. The van der Waals surface area contributed by atoms with Crippen LogP contribution in [-0.2, 0) is 0 Å². The Labute approximate surface area is 375 Å². The van der Waals surface area contributed by atoms with Gasteiger partial charge in [0.05, 0.1) is 54.2 Å². The topological polar surface area (TPSA) is 150 Å². The van der Waals surface area contributed by atoms with E-state index in [-0.39, 0.29) is 6.04 Å². The Morgan fingerprint density at radius 3 is 1.14 bits per heavy atom. The van der Waals surface area contributed by atoms with Crippen LogP contribution in [0.15, 0.2) is 128 Å². The van der Waals surface area contributed by atoms with Crippen molar-refractivity contribution in [2.45, 2.75) is 123 Å². The molecule has 63 heavy (non-hydrogen) atoms. The lowest BCUT2D eigenvalue weighted by Gasteiger charge is -2.25. The van der Waals surface area contributed by atoms with Crippen molar-refractivity contribution in [3.8, 4) is 0 Å². The number of anilines is 9. The van der Waals surface area contributed by atoms with Gasteiger partial charge in [0.15, 0.2) is 0 Å². The van der Waals surface area contributed by atoms with E-state index in [4.69, 9.17) is 0 Å². The number of hydrogen-bond donors (Lipinski definition) is 6. The number of nitrogens with zero attached hydrogens (tertiary/aromatic N) is 6. The van der Waals surface area contributed by atoms with Gasteiger partial charge in [-0.05, 0) is 107 Å². The Morgan fingerprint density at radius 2 is 0.746 bits per heavy atom. The molecule has 332 valence electrons. The van der Waals surface area contributed by atoms with Crippen LogP contribution in [0.2, 0.25) is 0 Å². The predicted molar refractivity (Wildman–Crippen MR) is 263 cm³/mol. The fraction of sp³-hybridized carbons (Fsp3) is 0.412. The van der Waals surface area contributed by atoms with E-state index in [1.54, 1.807) is 0 Å². The highest BCUT2D eigenvalue weighted by Gasteiger charge is 2.18. The van der Waals surface area contributed by atoms with E-state index in [0.717, 1.165) is 85.5 Å². The normalized spacial score (nSPS) is 13.5. The molecule has 3 heterocycles. The molecule has 0 aliphatic rings. The van der Waals surface area contributed by atoms with Crippen molar-refractivity contribution in [2.24, 2.45) is 11.8 Å². The number of hydrogen-bond acceptors (Lipinski definition) is 12. The third-order valence-electron chi connectivity index (χ3n) is 11.4. The van der Waals surface area contributed by atoms with Gasteiger partial charge in [0.2, 0.25) is 17.8 Å². The Hall–Kier alpha value is -6.30. The molecule has 0 radical (unpaired) electrons. The first kappa shape index (κ1) is 46.2. The zero-order valence-electron chi connectivity index (χ0n) is 37.7. The summed E-state index contributed by atoms with van der Waals surface area (Å²) in [6.45, 7) is 9.29. The van der Waals surface area contributed by atoms with Crippen molar-refractivity contribution < 1.29 is 0 Å². The first-order valence-corrected chi connectivity index (χ1v) is 23.1. The van der Waals surface area contributed by atoms with Crippen molar-refractivity contribution in [2.75, 3.05) is 31.9 Å². The van der Waals surface area contributed by atoms with Gasteiger partial charge in [0.1, 0.15) is 0 Å². The first-order chi connectivity index (χ1) is 30.9. The molecule has 0 spiro atoms. The second kappa shape index (κ2) is 25.6. The van der Waals surface area contributed by atoms with Crippen LogP contribution in [0.5, 0.6) is 0 Å². The zero-order valence-corrected chi connectivity index (χ0v) is 37.7. The summed E-state index contributed by atoms with van der Waals surface area (Å²) in [5.41, 5.74) is 5.75. The molecular formula is C51H68N12. The summed E-state index contributed by atoms with van der Waals surface area (Å²) in [5, 5.41) is 21.1. The van der Waals surface area contributed by atoms with Gasteiger partial charge in [0.25, 0.3) is 0 Å². The molecular weight excluding hydrogens is 781 g/mol. The molecule has 0 amide bonds. The van der Waals surface area contributed by atoms with Crippen LogP contribution in [0.4, 0.5) is 52.0 Å². The third kappa shape index (κ3) is 17.2. The number of benzene rings is 3. The lowest BCUT2D eigenvalue weighted by Crippen LogP contribution is -2.24. The SMILES string of the molecule is CCCCCCC(CCC(C)CCC(CCC(C)CC(C)Nc1cnc(Nc2ccccc2)nc1)Nc1cnc(Nc2ccccc2)nc1)Nc1cnc(Nc2ccccc2)nc1. The Morgan fingerprint density at radius 1 is 0.381 bits per heavy atom. The molecule has 0 aliphatic heterocycles. The van der Waals surface area contributed by atoms with Crippen molar-refractivity contribution in [3.63, 3.8) is 0 Å². The molecule has 12 heteroatoms. The maximum Gasteiger partial charge on any atom is 0.227 e. The summed E-state index contributed by atoms with van der Waals surface area (Å²) in [6, 6.07) is 31.0. The van der Waals surface area contributed by atoms with Crippen LogP contribution in [0.25, 0.3) is 0 Å². The molecule has 6 aromatic rings.